The lowest BCUT2D eigenvalue weighted by atomic mass is 10.0. The van der Waals surface area contributed by atoms with Crippen LogP contribution in [0.1, 0.15) is 33.9 Å². The molecule has 3 heterocycles. The van der Waals surface area contributed by atoms with E-state index in [1.54, 1.807) is 18.3 Å². The van der Waals surface area contributed by atoms with Gasteiger partial charge >= 0.3 is 5.97 Å². The number of anilines is 1. The van der Waals surface area contributed by atoms with E-state index >= 15 is 0 Å². The highest BCUT2D eigenvalue weighted by atomic mass is 32.1. The average Bonchev–Trinajstić information content (AvgIpc) is 3.49. The number of hydrogen-bond donors (Lipinski definition) is 1. The molecular formula is C26H21N3O3S. The van der Waals surface area contributed by atoms with Crippen LogP contribution in [0.5, 0.6) is 0 Å². The molecule has 164 valence electrons. The lowest BCUT2D eigenvalue weighted by Crippen LogP contribution is -2.29. The molecule has 0 radical (unpaired) electrons. The molecule has 0 aliphatic carbocycles. The van der Waals surface area contributed by atoms with Crippen molar-refractivity contribution in [1.29, 1.82) is 0 Å². The number of carbonyl (C=O) groups is 1. The Hall–Kier alpha value is -3.97. The number of carbonyl (C=O) groups excluding carboxylic acids is 1. The summed E-state index contributed by atoms with van der Waals surface area (Å²) in [6.45, 7) is 0. The SMILES string of the molecule is COC(=O)c1ccccc1-c1ccc(C2C(c3ccccn3)NC(=S)N2c2ccccc2)o1. The Morgan fingerprint density at radius 1 is 1.00 bits per heavy atom. The molecular weight excluding hydrogens is 434 g/mol. The van der Waals surface area contributed by atoms with Crippen LogP contribution < -0.4 is 10.2 Å². The Kier molecular flexibility index (Phi) is 5.62. The van der Waals surface area contributed by atoms with Crippen molar-refractivity contribution in [1.82, 2.24) is 10.3 Å². The van der Waals surface area contributed by atoms with Gasteiger partial charge in [0.15, 0.2) is 5.11 Å². The summed E-state index contributed by atoms with van der Waals surface area (Å²) in [4.78, 5) is 18.9. The monoisotopic (exact) mass is 455 g/mol. The van der Waals surface area contributed by atoms with Crippen LogP contribution in [0.3, 0.4) is 0 Å². The van der Waals surface area contributed by atoms with Gasteiger partial charge in [0.1, 0.15) is 17.6 Å². The van der Waals surface area contributed by atoms with Gasteiger partial charge in [0, 0.05) is 17.4 Å². The van der Waals surface area contributed by atoms with Gasteiger partial charge in [-0.3, -0.25) is 4.98 Å². The van der Waals surface area contributed by atoms with Crippen molar-refractivity contribution in [2.24, 2.45) is 0 Å². The maximum Gasteiger partial charge on any atom is 0.338 e. The summed E-state index contributed by atoms with van der Waals surface area (Å²) < 4.78 is 11.3. The zero-order valence-corrected chi connectivity index (χ0v) is 18.7. The Bertz CT molecular complexity index is 1290. The second-order valence-corrected chi connectivity index (χ2v) is 7.96. The number of nitrogens with one attached hydrogen (secondary N) is 1. The van der Waals surface area contributed by atoms with E-state index in [1.165, 1.54) is 7.11 Å². The summed E-state index contributed by atoms with van der Waals surface area (Å²) in [5.74, 6) is 0.873. The molecule has 1 fully saturated rings. The zero-order valence-electron chi connectivity index (χ0n) is 17.8. The van der Waals surface area contributed by atoms with Gasteiger partial charge < -0.3 is 19.4 Å². The molecule has 1 aliphatic heterocycles. The minimum atomic E-state index is -0.412. The smallest absolute Gasteiger partial charge is 0.338 e. The fourth-order valence-electron chi connectivity index (χ4n) is 4.15. The van der Waals surface area contributed by atoms with Gasteiger partial charge in [-0.15, -0.1) is 0 Å². The van der Waals surface area contributed by atoms with Crippen LogP contribution in [0.15, 0.2) is 95.5 Å². The summed E-state index contributed by atoms with van der Waals surface area (Å²) in [6.07, 6.45) is 1.77. The van der Waals surface area contributed by atoms with Crippen molar-refractivity contribution < 1.29 is 13.9 Å². The number of para-hydroxylation sites is 1. The standard InChI is InChI=1S/C26H21N3O3S/c1-31-25(30)19-12-6-5-11-18(19)21-14-15-22(32-21)24-23(20-13-7-8-16-27-20)28-26(33)29(24)17-9-3-2-4-10-17/h2-16,23-24H,1H3,(H,28,33). The molecule has 7 heteroatoms. The van der Waals surface area contributed by atoms with Crippen LogP contribution in [-0.2, 0) is 4.74 Å². The number of esters is 1. The van der Waals surface area contributed by atoms with E-state index in [4.69, 9.17) is 21.4 Å². The number of rotatable bonds is 5. The van der Waals surface area contributed by atoms with E-state index in [9.17, 15) is 4.79 Å². The van der Waals surface area contributed by atoms with Crippen LogP contribution in [0.2, 0.25) is 0 Å². The molecule has 0 amide bonds. The van der Waals surface area contributed by atoms with E-state index in [2.05, 4.69) is 10.3 Å². The molecule has 2 atom stereocenters. The maximum atomic E-state index is 12.3. The molecule has 0 spiro atoms. The molecule has 0 saturated carbocycles. The summed E-state index contributed by atoms with van der Waals surface area (Å²) in [5.41, 5.74) is 2.93. The third-order valence-corrected chi connectivity index (χ3v) is 5.96. The first kappa shape index (κ1) is 20.9. The van der Waals surface area contributed by atoms with Gasteiger partial charge in [0.2, 0.25) is 0 Å². The fraction of sp³-hybridized carbons (Fsp3) is 0.115. The molecule has 1 N–H and O–H groups in total. The number of furan rings is 1. The first-order valence-electron chi connectivity index (χ1n) is 10.5. The van der Waals surface area contributed by atoms with Crippen molar-refractivity contribution in [3.63, 3.8) is 0 Å². The molecule has 4 aromatic rings. The van der Waals surface area contributed by atoms with Crippen molar-refractivity contribution in [2.75, 3.05) is 12.0 Å². The van der Waals surface area contributed by atoms with E-state index < -0.39 is 5.97 Å². The van der Waals surface area contributed by atoms with Crippen LogP contribution in [0.25, 0.3) is 11.3 Å². The molecule has 1 saturated heterocycles. The Labute approximate surface area is 196 Å². The second kappa shape index (κ2) is 8.88. The molecule has 33 heavy (non-hydrogen) atoms. The third kappa shape index (κ3) is 3.87. The molecule has 0 bridgehead atoms. The molecule has 6 nitrogen and oxygen atoms in total. The van der Waals surface area contributed by atoms with Gasteiger partial charge in [-0.25, -0.2) is 4.79 Å². The quantitative estimate of drug-likeness (QED) is 0.323. The summed E-state index contributed by atoms with van der Waals surface area (Å²) in [6, 6.07) is 26.3. The van der Waals surface area contributed by atoms with Crippen LogP contribution in [-0.4, -0.2) is 23.2 Å². The predicted molar refractivity (Wildman–Crippen MR) is 130 cm³/mol. The highest BCUT2D eigenvalue weighted by molar-refractivity contribution is 7.80. The lowest BCUT2D eigenvalue weighted by Gasteiger charge is -2.26. The number of benzene rings is 2. The number of nitrogens with zero attached hydrogens (tertiary/aromatic N) is 2. The van der Waals surface area contributed by atoms with Gasteiger partial charge in [-0.2, -0.15) is 0 Å². The summed E-state index contributed by atoms with van der Waals surface area (Å²) >= 11 is 5.73. The minimum Gasteiger partial charge on any atom is -0.465 e. The third-order valence-electron chi connectivity index (χ3n) is 5.65. The van der Waals surface area contributed by atoms with Gasteiger partial charge in [0.05, 0.1) is 24.4 Å². The number of thiocarbonyl (C=S) groups is 1. The van der Waals surface area contributed by atoms with Crippen molar-refractivity contribution >= 4 is 29.0 Å². The largest absolute Gasteiger partial charge is 0.465 e. The number of pyridine rings is 1. The maximum absolute atomic E-state index is 12.3. The van der Waals surface area contributed by atoms with E-state index in [-0.39, 0.29) is 12.1 Å². The van der Waals surface area contributed by atoms with Crippen LogP contribution >= 0.6 is 12.2 Å². The normalized spacial score (nSPS) is 17.6. The molecule has 5 rings (SSSR count). The van der Waals surface area contributed by atoms with E-state index in [0.717, 1.165) is 11.4 Å². The predicted octanol–water partition coefficient (Wildman–Crippen LogP) is 5.31. The molecule has 1 aliphatic rings. The highest BCUT2D eigenvalue weighted by Gasteiger charge is 2.42. The lowest BCUT2D eigenvalue weighted by molar-refractivity contribution is 0.0601. The van der Waals surface area contributed by atoms with Gasteiger partial charge in [0.25, 0.3) is 0 Å². The molecule has 2 unspecified atom stereocenters. The fourth-order valence-corrected chi connectivity index (χ4v) is 4.50. The molecule has 2 aromatic heterocycles. The Balaban J connectivity index is 1.60. The Morgan fingerprint density at radius 3 is 2.52 bits per heavy atom. The van der Waals surface area contributed by atoms with E-state index in [1.807, 2.05) is 77.7 Å². The number of hydrogen-bond acceptors (Lipinski definition) is 5. The Morgan fingerprint density at radius 2 is 1.76 bits per heavy atom. The number of ether oxygens (including phenoxy) is 1. The number of aromatic nitrogens is 1. The second-order valence-electron chi connectivity index (χ2n) is 7.57. The summed E-state index contributed by atoms with van der Waals surface area (Å²) in [5, 5.41) is 4.01. The zero-order chi connectivity index (χ0) is 22.8. The van der Waals surface area contributed by atoms with Crippen molar-refractivity contribution in [3.8, 4) is 11.3 Å². The van der Waals surface area contributed by atoms with Crippen molar-refractivity contribution in [2.45, 2.75) is 12.1 Å². The average molecular weight is 456 g/mol. The van der Waals surface area contributed by atoms with Crippen LogP contribution in [0, 0.1) is 0 Å². The first-order valence-corrected chi connectivity index (χ1v) is 10.9. The van der Waals surface area contributed by atoms with Crippen LogP contribution in [0.4, 0.5) is 5.69 Å². The minimum absolute atomic E-state index is 0.214. The van der Waals surface area contributed by atoms with Gasteiger partial charge in [-0.05, 0) is 54.7 Å². The summed E-state index contributed by atoms with van der Waals surface area (Å²) in [7, 11) is 1.37. The van der Waals surface area contributed by atoms with Crippen molar-refractivity contribution in [3.05, 3.63) is 108 Å². The highest BCUT2D eigenvalue weighted by Crippen LogP contribution is 2.43. The molecule has 2 aromatic carbocycles. The topological polar surface area (TPSA) is 67.6 Å². The number of methoxy groups -OCH3 is 1. The van der Waals surface area contributed by atoms with Gasteiger partial charge in [-0.1, -0.05) is 42.5 Å². The first-order chi connectivity index (χ1) is 16.2. The van der Waals surface area contributed by atoms with E-state index in [0.29, 0.717) is 27.8 Å².